The van der Waals surface area contributed by atoms with E-state index in [0.717, 1.165) is 31.6 Å². The third-order valence-electron chi connectivity index (χ3n) is 4.29. The molecule has 1 aromatic heterocycles. The monoisotopic (exact) mass is 329 g/mol. The van der Waals surface area contributed by atoms with E-state index in [9.17, 15) is 4.79 Å². The van der Waals surface area contributed by atoms with Crippen molar-refractivity contribution in [1.29, 1.82) is 0 Å². The fourth-order valence-corrected chi connectivity index (χ4v) is 2.91. The summed E-state index contributed by atoms with van der Waals surface area (Å²) in [5.74, 6) is 0.806. The zero-order valence-corrected chi connectivity index (χ0v) is 13.9. The lowest BCUT2D eigenvalue weighted by Crippen LogP contribution is -2.39. The molecule has 6 heteroatoms. The van der Waals surface area contributed by atoms with Gasteiger partial charge in [0.15, 0.2) is 0 Å². The number of ether oxygens (including phenoxy) is 2. The van der Waals surface area contributed by atoms with E-state index < -0.39 is 0 Å². The van der Waals surface area contributed by atoms with E-state index in [-0.39, 0.29) is 12.0 Å². The Labute approximate surface area is 141 Å². The van der Waals surface area contributed by atoms with Gasteiger partial charge in [-0.05, 0) is 37.0 Å². The summed E-state index contributed by atoms with van der Waals surface area (Å²) in [4.78, 5) is 21.4. The summed E-state index contributed by atoms with van der Waals surface area (Å²) in [5.41, 5.74) is 1.69. The number of amides is 1. The van der Waals surface area contributed by atoms with Gasteiger partial charge in [0.2, 0.25) is 0 Å². The van der Waals surface area contributed by atoms with Crippen LogP contribution in [0.15, 0.2) is 36.8 Å². The number of aromatic amines is 1. The Morgan fingerprint density at radius 3 is 2.88 bits per heavy atom. The first kappa shape index (κ1) is 16.5. The summed E-state index contributed by atoms with van der Waals surface area (Å²) in [6.45, 7) is 2.05. The van der Waals surface area contributed by atoms with Gasteiger partial charge in [-0.15, -0.1) is 0 Å². The molecule has 0 bridgehead atoms. The van der Waals surface area contributed by atoms with Crippen LogP contribution in [0, 0.1) is 0 Å². The average Bonchev–Trinajstić information content (AvgIpc) is 3.32. The SMILES string of the molecule is COc1ccc(CCN(C[C@H]2CCCO2)C(=O)c2cnc[nH]2)cc1. The smallest absolute Gasteiger partial charge is 0.272 e. The minimum atomic E-state index is -0.0310. The van der Waals surface area contributed by atoms with Crippen molar-refractivity contribution < 1.29 is 14.3 Å². The summed E-state index contributed by atoms with van der Waals surface area (Å²) in [5, 5.41) is 0. The molecule has 128 valence electrons. The molecule has 0 saturated carbocycles. The molecule has 6 nitrogen and oxygen atoms in total. The highest BCUT2D eigenvalue weighted by Gasteiger charge is 2.24. The Hall–Kier alpha value is -2.34. The van der Waals surface area contributed by atoms with Crippen LogP contribution >= 0.6 is 0 Å². The minimum Gasteiger partial charge on any atom is -0.497 e. The largest absolute Gasteiger partial charge is 0.497 e. The zero-order valence-electron chi connectivity index (χ0n) is 13.9. The molecule has 1 aliphatic rings. The van der Waals surface area contributed by atoms with E-state index in [0.29, 0.717) is 18.8 Å². The number of methoxy groups -OCH3 is 1. The minimum absolute atomic E-state index is 0.0310. The number of nitrogens with one attached hydrogen (secondary N) is 1. The highest BCUT2D eigenvalue weighted by molar-refractivity contribution is 5.92. The number of aromatic nitrogens is 2. The van der Waals surface area contributed by atoms with Crippen molar-refractivity contribution in [2.24, 2.45) is 0 Å². The van der Waals surface area contributed by atoms with Crippen LogP contribution in [0.2, 0.25) is 0 Å². The molecule has 1 fully saturated rings. The Bertz CT molecular complexity index is 634. The molecule has 2 aromatic rings. The number of hydrogen-bond acceptors (Lipinski definition) is 4. The summed E-state index contributed by atoms with van der Waals surface area (Å²) < 4.78 is 10.9. The van der Waals surface area contributed by atoms with Crippen LogP contribution in [0.25, 0.3) is 0 Å². The van der Waals surface area contributed by atoms with Crippen LogP contribution in [0.1, 0.15) is 28.9 Å². The maximum atomic E-state index is 12.7. The Morgan fingerprint density at radius 2 is 2.25 bits per heavy atom. The Balaban J connectivity index is 1.65. The van der Waals surface area contributed by atoms with Crippen molar-refractivity contribution in [3.05, 3.63) is 48.0 Å². The van der Waals surface area contributed by atoms with E-state index in [1.165, 1.54) is 11.9 Å². The number of hydrogen-bond donors (Lipinski definition) is 1. The van der Waals surface area contributed by atoms with Gasteiger partial charge in [-0.2, -0.15) is 0 Å². The standard InChI is InChI=1S/C18H23N3O3/c1-23-15-6-4-14(5-7-15)8-9-21(12-16-3-2-10-24-16)18(22)17-11-19-13-20-17/h4-7,11,13,16H,2-3,8-10,12H2,1H3,(H,19,20)/t16-/m1/s1. The first-order valence-electron chi connectivity index (χ1n) is 8.28. The van der Waals surface area contributed by atoms with Crippen LogP contribution in [0.3, 0.4) is 0 Å². The fraction of sp³-hybridized carbons (Fsp3) is 0.444. The molecule has 1 amide bonds. The summed E-state index contributed by atoms with van der Waals surface area (Å²) >= 11 is 0. The number of benzene rings is 1. The first-order chi connectivity index (χ1) is 11.8. The third-order valence-corrected chi connectivity index (χ3v) is 4.29. The predicted octanol–water partition coefficient (Wildman–Crippen LogP) is 2.28. The Kier molecular flexibility index (Phi) is 5.48. The van der Waals surface area contributed by atoms with Crippen LogP contribution in [-0.4, -0.2) is 53.7 Å². The maximum Gasteiger partial charge on any atom is 0.272 e. The van der Waals surface area contributed by atoms with Crippen LogP contribution in [0.5, 0.6) is 5.75 Å². The lowest BCUT2D eigenvalue weighted by molar-refractivity contribution is 0.0525. The van der Waals surface area contributed by atoms with E-state index in [2.05, 4.69) is 9.97 Å². The zero-order chi connectivity index (χ0) is 16.8. The van der Waals surface area contributed by atoms with Crippen molar-refractivity contribution in [3.8, 4) is 5.75 Å². The van der Waals surface area contributed by atoms with Crippen molar-refractivity contribution >= 4 is 5.91 Å². The maximum absolute atomic E-state index is 12.7. The van der Waals surface area contributed by atoms with Crippen LogP contribution in [0.4, 0.5) is 0 Å². The molecule has 3 rings (SSSR count). The van der Waals surface area contributed by atoms with Crippen molar-refractivity contribution in [3.63, 3.8) is 0 Å². The number of rotatable bonds is 7. The van der Waals surface area contributed by atoms with Gasteiger partial charge < -0.3 is 19.4 Å². The number of nitrogens with zero attached hydrogens (tertiary/aromatic N) is 2. The fourth-order valence-electron chi connectivity index (χ4n) is 2.91. The van der Waals surface area contributed by atoms with Gasteiger partial charge in [0, 0.05) is 19.7 Å². The van der Waals surface area contributed by atoms with Gasteiger partial charge in [0.25, 0.3) is 5.91 Å². The topological polar surface area (TPSA) is 67.5 Å². The molecule has 0 unspecified atom stereocenters. The van der Waals surface area contributed by atoms with Gasteiger partial charge in [0.1, 0.15) is 11.4 Å². The molecule has 0 aliphatic carbocycles. The second-order valence-corrected chi connectivity index (χ2v) is 5.95. The first-order valence-corrected chi connectivity index (χ1v) is 8.28. The molecule has 1 aliphatic heterocycles. The predicted molar refractivity (Wildman–Crippen MR) is 90.2 cm³/mol. The van der Waals surface area contributed by atoms with Gasteiger partial charge in [-0.25, -0.2) is 4.98 Å². The molecular formula is C18H23N3O3. The second kappa shape index (κ2) is 7.97. The molecule has 2 heterocycles. The summed E-state index contributed by atoms with van der Waals surface area (Å²) in [6.07, 6.45) is 6.09. The molecule has 0 spiro atoms. The van der Waals surface area contributed by atoms with Gasteiger partial charge in [-0.3, -0.25) is 4.79 Å². The highest BCUT2D eigenvalue weighted by atomic mass is 16.5. The van der Waals surface area contributed by atoms with E-state index in [4.69, 9.17) is 9.47 Å². The van der Waals surface area contributed by atoms with Crippen LogP contribution in [-0.2, 0) is 11.2 Å². The van der Waals surface area contributed by atoms with Crippen LogP contribution < -0.4 is 4.74 Å². The molecular weight excluding hydrogens is 306 g/mol. The van der Waals surface area contributed by atoms with E-state index in [1.54, 1.807) is 13.3 Å². The molecule has 1 saturated heterocycles. The van der Waals surface area contributed by atoms with Gasteiger partial charge in [0.05, 0.1) is 25.7 Å². The average molecular weight is 329 g/mol. The van der Waals surface area contributed by atoms with Gasteiger partial charge in [-0.1, -0.05) is 12.1 Å². The number of carbonyl (C=O) groups excluding carboxylic acids is 1. The number of imidazole rings is 1. The molecule has 24 heavy (non-hydrogen) atoms. The van der Waals surface area contributed by atoms with Crippen molar-refractivity contribution in [2.45, 2.75) is 25.4 Å². The summed E-state index contributed by atoms with van der Waals surface area (Å²) in [7, 11) is 1.65. The van der Waals surface area contributed by atoms with Gasteiger partial charge >= 0.3 is 0 Å². The second-order valence-electron chi connectivity index (χ2n) is 5.95. The molecule has 0 radical (unpaired) electrons. The van der Waals surface area contributed by atoms with Crippen molar-refractivity contribution in [2.75, 3.05) is 26.8 Å². The molecule has 1 aromatic carbocycles. The lowest BCUT2D eigenvalue weighted by Gasteiger charge is -2.25. The quantitative estimate of drug-likeness (QED) is 0.846. The molecule has 1 atom stereocenters. The highest BCUT2D eigenvalue weighted by Crippen LogP contribution is 2.16. The Morgan fingerprint density at radius 1 is 1.42 bits per heavy atom. The lowest BCUT2D eigenvalue weighted by atomic mass is 10.1. The van der Waals surface area contributed by atoms with Crippen molar-refractivity contribution in [1.82, 2.24) is 14.9 Å². The third kappa shape index (κ3) is 4.14. The normalized spacial score (nSPS) is 17.0. The molecule has 1 N–H and O–H groups in total. The van der Waals surface area contributed by atoms with E-state index in [1.807, 2.05) is 29.2 Å². The number of carbonyl (C=O) groups is 1. The number of H-pyrrole nitrogens is 1. The van der Waals surface area contributed by atoms with E-state index >= 15 is 0 Å². The summed E-state index contributed by atoms with van der Waals surface area (Å²) in [6, 6.07) is 7.94.